The highest BCUT2D eigenvalue weighted by molar-refractivity contribution is 5.84. The van der Waals surface area contributed by atoms with E-state index in [0.29, 0.717) is 19.3 Å². The van der Waals surface area contributed by atoms with Crippen LogP contribution in [-0.2, 0) is 9.59 Å². The minimum atomic E-state index is -0.905. The minimum Gasteiger partial charge on any atom is -0.481 e. The maximum Gasteiger partial charge on any atom is 0.308 e. The number of hydrogen-bond acceptors (Lipinski definition) is 2. The summed E-state index contributed by atoms with van der Waals surface area (Å²) in [7, 11) is 0. The van der Waals surface area contributed by atoms with Crippen molar-refractivity contribution in [1.29, 1.82) is 0 Å². The van der Waals surface area contributed by atoms with E-state index in [1.54, 1.807) is 4.90 Å². The SMILES string of the molecule is CC1CCC(C(=O)O)CN1C(=O)C1CC1c1cccc(F)c1F. The van der Waals surface area contributed by atoms with Gasteiger partial charge in [-0.25, -0.2) is 8.78 Å². The molecule has 0 radical (unpaired) electrons. The van der Waals surface area contributed by atoms with Crippen LogP contribution in [0.25, 0.3) is 0 Å². The zero-order chi connectivity index (χ0) is 16.7. The van der Waals surface area contributed by atoms with Gasteiger partial charge >= 0.3 is 5.97 Å². The first kappa shape index (κ1) is 15.9. The van der Waals surface area contributed by atoms with Gasteiger partial charge in [-0.1, -0.05) is 12.1 Å². The van der Waals surface area contributed by atoms with Crippen LogP contribution < -0.4 is 0 Å². The van der Waals surface area contributed by atoms with E-state index in [2.05, 4.69) is 0 Å². The Bertz CT molecular complexity index is 649. The van der Waals surface area contributed by atoms with Crippen LogP contribution in [-0.4, -0.2) is 34.5 Å². The molecule has 1 heterocycles. The highest BCUT2D eigenvalue weighted by Gasteiger charge is 2.49. The van der Waals surface area contributed by atoms with Gasteiger partial charge in [0.05, 0.1) is 5.92 Å². The summed E-state index contributed by atoms with van der Waals surface area (Å²) >= 11 is 0. The number of halogens is 2. The second-order valence-corrected chi connectivity index (χ2v) is 6.54. The van der Waals surface area contributed by atoms with Crippen molar-refractivity contribution in [1.82, 2.24) is 4.90 Å². The zero-order valence-electron chi connectivity index (χ0n) is 12.8. The summed E-state index contributed by atoms with van der Waals surface area (Å²) in [5, 5.41) is 9.15. The van der Waals surface area contributed by atoms with Crippen LogP contribution in [0.15, 0.2) is 18.2 Å². The first-order valence-electron chi connectivity index (χ1n) is 7.87. The first-order valence-corrected chi connectivity index (χ1v) is 7.87. The molecule has 0 aromatic heterocycles. The van der Waals surface area contributed by atoms with E-state index >= 15 is 0 Å². The van der Waals surface area contributed by atoms with Crippen molar-refractivity contribution < 1.29 is 23.5 Å². The molecule has 23 heavy (non-hydrogen) atoms. The van der Waals surface area contributed by atoms with Crippen LogP contribution in [0.5, 0.6) is 0 Å². The van der Waals surface area contributed by atoms with E-state index in [1.807, 2.05) is 6.92 Å². The Hall–Kier alpha value is -1.98. The predicted molar refractivity (Wildman–Crippen MR) is 78.7 cm³/mol. The summed E-state index contributed by atoms with van der Waals surface area (Å²) in [6.07, 6.45) is 1.70. The van der Waals surface area contributed by atoms with E-state index in [-0.39, 0.29) is 35.9 Å². The van der Waals surface area contributed by atoms with Crippen LogP contribution in [0, 0.1) is 23.5 Å². The summed E-state index contributed by atoms with van der Waals surface area (Å²) in [4.78, 5) is 25.4. The molecule has 1 aliphatic heterocycles. The molecule has 4 unspecified atom stereocenters. The van der Waals surface area contributed by atoms with E-state index in [0.717, 1.165) is 6.07 Å². The largest absolute Gasteiger partial charge is 0.481 e. The van der Waals surface area contributed by atoms with Crippen molar-refractivity contribution >= 4 is 11.9 Å². The highest BCUT2D eigenvalue weighted by Crippen LogP contribution is 2.50. The molecule has 1 saturated carbocycles. The minimum absolute atomic E-state index is 0.0169. The van der Waals surface area contributed by atoms with Gasteiger partial charge in [0.25, 0.3) is 0 Å². The lowest BCUT2D eigenvalue weighted by molar-refractivity contribution is -0.147. The maximum absolute atomic E-state index is 13.8. The molecule has 1 saturated heterocycles. The molecular formula is C17H19F2NO3. The number of benzene rings is 1. The molecule has 2 fully saturated rings. The fourth-order valence-corrected chi connectivity index (χ4v) is 3.45. The Labute approximate surface area is 133 Å². The third-order valence-electron chi connectivity index (χ3n) is 5.00. The quantitative estimate of drug-likeness (QED) is 0.930. The molecule has 1 N–H and O–H groups in total. The van der Waals surface area contributed by atoms with Gasteiger partial charge in [0, 0.05) is 18.5 Å². The van der Waals surface area contributed by atoms with E-state index in [1.165, 1.54) is 12.1 Å². The fraction of sp³-hybridized carbons (Fsp3) is 0.529. The van der Waals surface area contributed by atoms with E-state index < -0.39 is 23.5 Å². The maximum atomic E-state index is 13.8. The number of carboxylic acids is 1. The van der Waals surface area contributed by atoms with Crippen LogP contribution in [0.3, 0.4) is 0 Å². The molecule has 4 nitrogen and oxygen atoms in total. The van der Waals surface area contributed by atoms with E-state index in [9.17, 15) is 18.4 Å². The molecule has 1 aromatic carbocycles. The molecule has 2 aliphatic rings. The zero-order valence-corrected chi connectivity index (χ0v) is 12.8. The van der Waals surface area contributed by atoms with Crippen LogP contribution in [0.1, 0.15) is 37.7 Å². The number of carbonyl (C=O) groups excluding carboxylic acids is 1. The summed E-state index contributed by atoms with van der Waals surface area (Å²) < 4.78 is 27.2. The monoisotopic (exact) mass is 323 g/mol. The van der Waals surface area contributed by atoms with Gasteiger partial charge < -0.3 is 10.0 Å². The Balaban J connectivity index is 1.72. The lowest BCUT2D eigenvalue weighted by atomic mass is 9.93. The van der Waals surface area contributed by atoms with Gasteiger partial charge in [-0.05, 0) is 43.7 Å². The number of amides is 1. The number of nitrogens with zero attached hydrogens (tertiary/aromatic N) is 1. The summed E-state index contributed by atoms with van der Waals surface area (Å²) in [5.41, 5.74) is 0.239. The molecule has 6 heteroatoms. The summed E-state index contributed by atoms with van der Waals surface area (Å²) in [5.74, 6) is -4.05. The number of carbonyl (C=O) groups is 2. The average molecular weight is 323 g/mol. The molecule has 3 rings (SSSR count). The van der Waals surface area contributed by atoms with Crippen molar-refractivity contribution in [2.45, 2.75) is 38.1 Å². The number of rotatable bonds is 3. The number of piperidine rings is 1. The van der Waals surface area contributed by atoms with Crippen molar-refractivity contribution in [2.24, 2.45) is 11.8 Å². The van der Waals surface area contributed by atoms with Gasteiger partial charge in [-0.15, -0.1) is 0 Å². The normalized spacial score (nSPS) is 30.1. The van der Waals surface area contributed by atoms with Crippen molar-refractivity contribution in [2.75, 3.05) is 6.54 Å². The second kappa shape index (κ2) is 5.91. The number of carboxylic acid groups (broad SMARTS) is 1. The Morgan fingerprint density at radius 3 is 2.70 bits per heavy atom. The first-order chi connectivity index (χ1) is 10.9. The topological polar surface area (TPSA) is 57.6 Å². The smallest absolute Gasteiger partial charge is 0.308 e. The molecule has 124 valence electrons. The molecule has 4 atom stereocenters. The third kappa shape index (κ3) is 2.94. The summed E-state index contributed by atoms with van der Waals surface area (Å²) in [6, 6.07) is 3.99. The average Bonchev–Trinajstić information content (AvgIpc) is 3.30. The van der Waals surface area contributed by atoms with Crippen LogP contribution in [0.4, 0.5) is 8.78 Å². The number of aliphatic carboxylic acids is 1. The van der Waals surface area contributed by atoms with Crippen molar-refractivity contribution in [3.05, 3.63) is 35.4 Å². The Morgan fingerprint density at radius 2 is 2.00 bits per heavy atom. The molecular weight excluding hydrogens is 304 g/mol. The Morgan fingerprint density at radius 1 is 1.26 bits per heavy atom. The fourth-order valence-electron chi connectivity index (χ4n) is 3.45. The van der Waals surface area contributed by atoms with Gasteiger partial charge in [0.2, 0.25) is 5.91 Å². The molecule has 1 aromatic rings. The number of likely N-dealkylation sites (tertiary alicyclic amines) is 1. The van der Waals surface area contributed by atoms with Crippen LogP contribution in [0.2, 0.25) is 0 Å². The second-order valence-electron chi connectivity index (χ2n) is 6.54. The standard InChI is InChI=1S/C17H19F2NO3/c1-9-5-6-10(17(22)23)8-20(9)16(21)13-7-12(13)11-3-2-4-14(18)15(11)19/h2-4,9-10,12-13H,5-8H2,1H3,(H,22,23). The van der Waals surface area contributed by atoms with Crippen molar-refractivity contribution in [3.8, 4) is 0 Å². The van der Waals surface area contributed by atoms with E-state index in [4.69, 9.17) is 5.11 Å². The van der Waals surface area contributed by atoms with Gasteiger partial charge in [-0.2, -0.15) is 0 Å². The van der Waals surface area contributed by atoms with Crippen molar-refractivity contribution in [3.63, 3.8) is 0 Å². The highest BCUT2D eigenvalue weighted by atomic mass is 19.2. The molecule has 1 amide bonds. The lowest BCUT2D eigenvalue weighted by Crippen LogP contribution is -2.48. The third-order valence-corrected chi connectivity index (χ3v) is 5.00. The Kier molecular flexibility index (Phi) is 4.08. The van der Waals surface area contributed by atoms with Gasteiger partial charge in [-0.3, -0.25) is 9.59 Å². The van der Waals surface area contributed by atoms with Gasteiger partial charge in [0.1, 0.15) is 0 Å². The molecule has 0 spiro atoms. The lowest BCUT2D eigenvalue weighted by Gasteiger charge is -2.36. The predicted octanol–water partition coefficient (Wildman–Crippen LogP) is 2.78. The van der Waals surface area contributed by atoms with Gasteiger partial charge in [0.15, 0.2) is 11.6 Å². The van der Waals surface area contributed by atoms with Crippen LogP contribution >= 0.6 is 0 Å². The summed E-state index contributed by atoms with van der Waals surface area (Å²) in [6.45, 7) is 2.10. The molecule has 0 bridgehead atoms. The molecule has 1 aliphatic carbocycles. The number of hydrogen-bond donors (Lipinski definition) is 1.